The number of nitrogens with two attached hydrogens (primary N) is 1. The first-order valence-corrected chi connectivity index (χ1v) is 9.19. The van der Waals surface area contributed by atoms with Gasteiger partial charge >= 0.3 is 0 Å². The van der Waals surface area contributed by atoms with Crippen molar-refractivity contribution in [2.45, 2.75) is 13.0 Å². The number of anilines is 1. The predicted molar refractivity (Wildman–Crippen MR) is 104 cm³/mol. The largest absolute Gasteiger partial charge is 0.495 e. The van der Waals surface area contributed by atoms with Gasteiger partial charge < -0.3 is 25.3 Å². The summed E-state index contributed by atoms with van der Waals surface area (Å²) in [6, 6.07) is 10.6. The van der Waals surface area contributed by atoms with Crippen molar-refractivity contribution in [2.24, 2.45) is 5.73 Å². The van der Waals surface area contributed by atoms with Crippen LogP contribution in [0.15, 0.2) is 36.5 Å². The highest BCUT2D eigenvalue weighted by Gasteiger charge is 2.28. The molecule has 0 aliphatic carbocycles. The molecule has 3 N–H and O–H groups in total. The fraction of sp³-hybridized carbons (Fsp3) is 0.286. The predicted octanol–water partition coefficient (Wildman–Crippen LogP) is 2.46. The zero-order valence-electron chi connectivity index (χ0n) is 15.2. The molecule has 6 nitrogen and oxygen atoms in total. The lowest BCUT2D eigenvalue weighted by Gasteiger charge is -2.18. The second-order valence-electron chi connectivity index (χ2n) is 6.83. The third-order valence-electron chi connectivity index (χ3n) is 5.29. The molecule has 27 heavy (non-hydrogen) atoms. The first-order chi connectivity index (χ1) is 13.3. The van der Waals surface area contributed by atoms with E-state index in [4.69, 9.17) is 19.9 Å². The molecule has 3 heterocycles. The smallest absolute Gasteiger partial charge is 0.231 e. The zero-order chi connectivity index (χ0) is 18.4. The van der Waals surface area contributed by atoms with E-state index in [1.807, 2.05) is 6.07 Å². The Kier molecular flexibility index (Phi) is 3.79. The molecule has 0 amide bonds. The van der Waals surface area contributed by atoms with E-state index in [0.717, 1.165) is 46.7 Å². The molecule has 0 atom stereocenters. The molecule has 6 heteroatoms. The second-order valence-corrected chi connectivity index (χ2v) is 6.83. The molecule has 0 saturated heterocycles. The highest BCUT2D eigenvalue weighted by molar-refractivity contribution is 5.97. The number of aromatic nitrogens is 1. The average molecular weight is 364 g/mol. The topological polar surface area (TPSA) is 69.6 Å². The van der Waals surface area contributed by atoms with Crippen molar-refractivity contribution in [3.05, 3.63) is 42.1 Å². The molecule has 0 spiro atoms. The van der Waals surface area contributed by atoms with Crippen molar-refractivity contribution in [3.63, 3.8) is 0 Å². The lowest BCUT2D eigenvalue weighted by Crippen LogP contribution is -2.40. The molecule has 2 aromatic carbocycles. The maximum atomic E-state index is 5.69. The number of aryl methyl sites for hydroxylation is 2. The summed E-state index contributed by atoms with van der Waals surface area (Å²) in [5.41, 5.74) is 10.4. The number of ether oxygens (including phenoxy) is 3. The zero-order valence-corrected chi connectivity index (χ0v) is 15.2. The number of rotatable bonds is 4. The van der Waals surface area contributed by atoms with Crippen LogP contribution in [0.3, 0.4) is 0 Å². The van der Waals surface area contributed by atoms with Crippen molar-refractivity contribution in [1.29, 1.82) is 0 Å². The summed E-state index contributed by atoms with van der Waals surface area (Å²) in [5.74, 6) is 2.50. The van der Waals surface area contributed by atoms with Gasteiger partial charge in [-0.2, -0.15) is 4.57 Å². The standard InChI is InChI=1S/C21H21N3O3/c1-25-18-3-2-13-8-17-15-10-20-19(26-12-27-20)9-14(15)4-7-24(17)11-16(13)21(18)23-6-5-22/h2-3,8-11H,4-7,12,22H2,1H3/p+1. The lowest BCUT2D eigenvalue weighted by atomic mass is 9.95. The number of benzene rings is 2. The normalized spacial score (nSPS) is 14.0. The summed E-state index contributed by atoms with van der Waals surface area (Å²) in [6.45, 7) is 2.49. The van der Waals surface area contributed by atoms with E-state index in [0.29, 0.717) is 19.9 Å². The molecule has 0 radical (unpaired) electrons. The van der Waals surface area contributed by atoms with Crippen LogP contribution in [0.4, 0.5) is 5.69 Å². The van der Waals surface area contributed by atoms with Crippen molar-refractivity contribution < 1.29 is 18.8 Å². The first kappa shape index (κ1) is 16.2. The Labute approximate surface area is 157 Å². The van der Waals surface area contributed by atoms with Gasteiger partial charge in [0.1, 0.15) is 5.75 Å². The number of hydrogen-bond acceptors (Lipinski definition) is 5. The number of pyridine rings is 1. The SMILES string of the molecule is COc1ccc2cc3[n+](cc2c1NCCN)CCc1cc2c(cc1-3)OCO2. The molecule has 3 aromatic rings. The second kappa shape index (κ2) is 6.32. The summed E-state index contributed by atoms with van der Waals surface area (Å²) < 4.78 is 19.0. The van der Waals surface area contributed by atoms with Crippen molar-refractivity contribution in [3.8, 4) is 28.5 Å². The van der Waals surface area contributed by atoms with Crippen molar-refractivity contribution in [1.82, 2.24) is 0 Å². The highest BCUT2D eigenvalue weighted by atomic mass is 16.7. The molecule has 0 fully saturated rings. The summed E-state index contributed by atoms with van der Waals surface area (Å²) in [4.78, 5) is 0. The summed E-state index contributed by atoms with van der Waals surface area (Å²) in [5, 5.41) is 5.71. The minimum atomic E-state index is 0.298. The van der Waals surface area contributed by atoms with Crippen LogP contribution in [0.2, 0.25) is 0 Å². The Morgan fingerprint density at radius 1 is 1.19 bits per heavy atom. The number of fused-ring (bicyclic) bond motifs is 5. The van der Waals surface area contributed by atoms with E-state index in [-0.39, 0.29) is 0 Å². The number of hydrogen-bond donors (Lipinski definition) is 2. The Hall–Kier alpha value is -2.99. The Morgan fingerprint density at radius 3 is 2.85 bits per heavy atom. The summed E-state index contributed by atoms with van der Waals surface area (Å²) in [7, 11) is 1.69. The van der Waals surface area contributed by atoms with E-state index >= 15 is 0 Å². The third kappa shape index (κ3) is 2.56. The third-order valence-corrected chi connectivity index (χ3v) is 5.29. The van der Waals surface area contributed by atoms with Gasteiger partial charge in [-0.15, -0.1) is 0 Å². The van der Waals surface area contributed by atoms with Gasteiger partial charge in [-0.05, 0) is 29.1 Å². The van der Waals surface area contributed by atoms with E-state index < -0.39 is 0 Å². The highest BCUT2D eigenvalue weighted by Crippen LogP contribution is 2.41. The van der Waals surface area contributed by atoms with E-state index in [2.05, 4.69) is 40.3 Å². The minimum Gasteiger partial charge on any atom is -0.495 e. The first-order valence-electron chi connectivity index (χ1n) is 9.19. The molecule has 0 bridgehead atoms. The molecule has 2 aliphatic rings. The van der Waals surface area contributed by atoms with Crippen LogP contribution in [-0.2, 0) is 13.0 Å². The molecule has 5 rings (SSSR count). The van der Waals surface area contributed by atoms with E-state index in [1.54, 1.807) is 7.11 Å². The van der Waals surface area contributed by atoms with Gasteiger partial charge in [0, 0.05) is 25.6 Å². The number of nitrogens with zero attached hydrogens (tertiary/aromatic N) is 1. The Bertz CT molecular complexity index is 1050. The van der Waals surface area contributed by atoms with Crippen LogP contribution in [0.25, 0.3) is 22.0 Å². The molecule has 138 valence electrons. The maximum Gasteiger partial charge on any atom is 0.231 e. The molecule has 0 saturated carbocycles. The number of nitrogens with one attached hydrogen (secondary N) is 1. The van der Waals surface area contributed by atoms with Gasteiger partial charge in [-0.25, -0.2) is 0 Å². The molecule has 1 aromatic heterocycles. The van der Waals surface area contributed by atoms with Crippen LogP contribution in [-0.4, -0.2) is 27.0 Å². The van der Waals surface area contributed by atoms with E-state index in [1.165, 1.54) is 16.8 Å². The van der Waals surface area contributed by atoms with Crippen LogP contribution in [0, 0.1) is 0 Å². The van der Waals surface area contributed by atoms with Crippen LogP contribution in [0.1, 0.15) is 5.56 Å². The Morgan fingerprint density at radius 2 is 2.04 bits per heavy atom. The van der Waals surface area contributed by atoms with Crippen molar-refractivity contribution in [2.75, 3.05) is 32.3 Å². The molecule has 0 unspecified atom stereocenters. The number of methoxy groups -OCH3 is 1. The van der Waals surface area contributed by atoms with Gasteiger partial charge in [-0.1, -0.05) is 6.07 Å². The van der Waals surface area contributed by atoms with Crippen molar-refractivity contribution >= 4 is 16.5 Å². The fourth-order valence-corrected chi connectivity index (χ4v) is 3.97. The van der Waals surface area contributed by atoms with E-state index in [9.17, 15) is 0 Å². The summed E-state index contributed by atoms with van der Waals surface area (Å²) in [6.07, 6.45) is 3.17. The lowest BCUT2D eigenvalue weighted by molar-refractivity contribution is -0.686. The quantitative estimate of drug-likeness (QED) is 0.696. The fourth-order valence-electron chi connectivity index (χ4n) is 3.97. The van der Waals surface area contributed by atoms with Crippen LogP contribution < -0.4 is 29.8 Å². The summed E-state index contributed by atoms with van der Waals surface area (Å²) >= 11 is 0. The Balaban J connectivity index is 1.69. The van der Waals surface area contributed by atoms with Crippen LogP contribution >= 0.6 is 0 Å². The van der Waals surface area contributed by atoms with Gasteiger partial charge in [-0.3, -0.25) is 0 Å². The van der Waals surface area contributed by atoms with Gasteiger partial charge in [0.2, 0.25) is 12.5 Å². The van der Waals surface area contributed by atoms with Gasteiger partial charge in [0.25, 0.3) is 0 Å². The molecular weight excluding hydrogens is 342 g/mol. The average Bonchev–Trinajstić information content (AvgIpc) is 3.16. The minimum absolute atomic E-state index is 0.298. The molecular formula is C21H22N3O3+. The monoisotopic (exact) mass is 364 g/mol. The maximum absolute atomic E-state index is 5.69. The van der Waals surface area contributed by atoms with Gasteiger partial charge in [0.15, 0.2) is 24.2 Å². The van der Waals surface area contributed by atoms with Crippen LogP contribution in [0.5, 0.6) is 17.2 Å². The molecule has 2 aliphatic heterocycles. The van der Waals surface area contributed by atoms with Gasteiger partial charge in [0.05, 0.1) is 23.7 Å².